The number of benzene rings is 2. The van der Waals surface area contributed by atoms with E-state index < -0.39 is 5.91 Å². The SMILES string of the molecule is COc1c(/C(C)=C/C(=O)Nc2ccc(C(N)=O)cc2)cc2c(C)coc2c1C. The molecule has 3 aromatic rings. The number of methoxy groups -OCH3 is 1. The molecule has 0 saturated heterocycles. The zero-order valence-corrected chi connectivity index (χ0v) is 16.3. The molecule has 144 valence electrons. The molecule has 1 heterocycles. The number of anilines is 1. The van der Waals surface area contributed by atoms with E-state index in [0.29, 0.717) is 17.0 Å². The largest absolute Gasteiger partial charge is 0.496 e. The highest BCUT2D eigenvalue weighted by Gasteiger charge is 2.16. The highest BCUT2D eigenvalue weighted by molar-refractivity contribution is 6.05. The Bertz CT molecular complexity index is 1090. The molecule has 0 aliphatic rings. The summed E-state index contributed by atoms with van der Waals surface area (Å²) in [5.74, 6) is -0.122. The summed E-state index contributed by atoms with van der Waals surface area (Å²) >= 11 is 0. The fraction of sp³-hybridized carbons (Fsp3) is 0.182. The van der Waals surface area contributed by atoms with Crippen LogP contribution in [0.4, 0.5) is 5.69 Å². The smallest absolute Gasteiger partial charge is 0.248 e. The summed E-state index contributed by atoms with van der Waals surface area (Å²) in [4.78, 5) is 23.6. The lowest BCUT2D eigenvalue weighted by atomic mass is 9.98. The van der Waals surface area contributed by atoms with Crippen molar-refractivity contribution >= 4 is 34.0 Å². The Morgan fingerprint density at radius 3 is 2.46 bits per heavy atom. The van der Waals surface area contributed by atoms with E-state index in [1.54, 1.807) is 37.6 Å². The summed E-state index contributed by atoms with van der Waals surface area (Å²) in [6, 6.07) is 8.37. The Morgan fingerprint density at radius 1 is 1.18 bits per heavy atom. The molecule has 1 aromatic heterocycles. The number of carbonyl (C=O) groups is 2. The first-order valence-electron chi connectivity index (χ1n) is 8.76. The highest BCUT2D eigenvalue weighted by atomic mass is 16.5. The minimum Gasteiger partial charge on any atom is -0.496 e. The zero-order valence-electron chi connectivity index (χ0n) is 16.3. The van der Waals surface area contributed by atoms with Gasteiger partial charge in [-0.1, -0.05) is 0 Å². The molecule has 6 nitrogen and oxygen atoms in total. The molecule has 28 heavy (non-hydrogen) atoms. The minimum absolute atomic E-state index is 0.284. The average molecular weight is 378 g/mol. The van der Waals surface area contributed by atoms with Crippen LogP contribution in [0.25, 0.3) is 16.5 Å². The lowest BCUT2D eigenvalue weighted by Crippen LogP contribution is -2.12. The number of nitrogens with two attached hydrogens (primary N) is 1. The number of primary amides is 1. The van der Waals surface area contributed by atoms with Gasteiger partial charge in [-0.25, -0.2) is 0 Å². The van der Waals surface area contributed by atoms with Crippen LogP contribution in [-0.4, -0.2) is 18.9 Å². The molecular weight excluding hydrogens is 356 g/mol. The molecule has 0 atom stereocenters. The second-order valence-electron chi connectivity index (χ2n) is 6.64. The standard InChI is InChI=1S/C22H22N2O4/c1-12(9-19(25)24-16-7-5-15(6-8-16)22(23)26)17-10-18-13(2)11-28-21(18)14(3)20(17)27-4/h5-11H,1-4H3,(H2,23,26)(H,24,25)/b12-9+. The minimum atomic E-state index is -0.513. The van der Waals surface area contributed by atoms with Crippen molar-refractivity contribution in [3.8, 4) is 5.75 Å². The van der Waals surface area contributed by atoms with Crippen LogP contribution in [0.15, 0.2) is 47.1 Å². The van der Waals surface area contributed by atoms with Crippen molar-refractivity contribution in [1.29, 1.82) is 0 Å². The van der Waals surface area contributed by atoms with E-state index >= 15 is 0 Å². The van der Waals surface area contributed by atoms with Gasteiger partial charge in [0.1, 0.15) is 11.3 Å². The summed E-state index contributed by atoms with van der Waals surface area (Å²) in [7, 11) is 1.60. The van der Waals surface area contributed by atoms with E-state index in [9.17, 15) is 9.59 Å². The van der Waals surface area contributed by atoms with Gasteiger partial charge in [0.25, 0.3) is 0 Å². The third-order valence-corrected chi connectivity index (χ3v) is 4.65. The number of aryl methyl sites for hydroxylation is 2. The van der Waals surface area contributed by atoms with Crippen LogP contribution >= 0.6 is 0 Å². The molecule has 2 aromatic carbocycles. The van der Waals surface area contributed by atoms with Gasteiger partial charge in [-0.3, -0.25) is 9.59 Å². The second kappa shape index (κ2) is 7.60. The van der Waals surface area contributed by atoms with E-state index in [1.165, 1.54) is 6.08 Å². The molecule has 3 rings (SSSR count). The molecule has 0 radical (unpaired) electrons. The van der Waals surface area contributed by atoms with Gasteiger partial charge in [-0.15, -0.1) is 0 Å². The molecular formula is C22H22N2O4. The predicted molar refractivity (Wildman–Crippen MR) is 109 cm³/mol. The molecule has 0 aliphatic heterocycles. The lowest BCUT2D eigenvalue weighted by Gasteiger charge is -2.13. The fourth-order valence-corrected chi connectivity index (χ4v) is 3.16. The van der Waals surface area contributed by atoms with Gasteiger partial charge in [0, 0.05) is 33.8 Å². The topological polar surface area (TPSA) is 94.6 Å². The maximum absolute atomic E-state index is 12.4. The van der Waals surface area contributed by atoms with Crippen LogP contribution in [0, 0.1) is 13.8 Å². The molecule has 0 unspecified atom stereocenters. The van der Waals surface area contributed by atoms with Crippen LogP contribution in [0.3, 0.4) is 0 Å². The number of allylic oxidation sites excluding steroid dienone is 1. The van der Waals surface area contributed by atoms with Crippen molar-refractivity contribution in [2.24, 2.45) is 5.73 Å². The van der Waals surface area contributed by atoms with E-state index in [4.69, 9.17) is 14.9 Å². The van der Waals surface area contributed by atoms with E-state index in [2.05, 4.69) is 5.32 Å². The van der Waals surface area contributed by atoms with E-state index in [-0.39, 0.29) is 5.91 Å². The van der Waals surface area contributed by atoms with Gasteiger partial charge < -0.3 is 20.2 Å². The van der Waals surface area contributed by atoms with Gasteiger partial charge in [0.15, 0.2) is 0 Å². The molecule has 3 N–H and O–H groups in total. The second-order valence-corrected chi connectivity index (χ2v) is 6.64. The number of nitrogens with one attached hydrogen (secondary N) is 1. The first kappa shape index (κ1) is 19.2. The van der Waals surface area contributed by atoms with Crippen LogP contribution in [0.1, 0.15) is 34.0 Å². The summed E-state index contributed by atoms with van der Waals surface area (Å²) < 4.78 is 11.2. The van der Waals surface area contributed by atoms with Crippen molar-refractivity contribution in [3.05, 3.63) is 64.9 Å². The van der Waals surface area contributed by atoms with Gasteiger partial charge in [0.05, 0.1) is 13.4 Å². The molecule has 0 spiro atoms. The van der Waals surface area contributed by atoms with Crippen molar-refractivity contribution in [2.75, 3.05) is 12.4 Å². The number of ether oxygens (including phenoxy) is 1. The van der Waals surface area contributed by atoms with Crippen molar-refractivity contribution in [1.82, 2.24) is 0 Å². The quantitative estimate of drug-likeness (QED) is 0.651. The normalized spacial score (nSPS) is 11.5. The van der Waals surface area contributed by atoms with Crippen LogP contribution in [0.5, 0.6) is 5.75 Å². The molecule has 2 amide bonds. The molecule has 0 saturated carbocycles. The van der Waals surface area contributed by atoms with Crippen molar-refractivity contribution in [2.45, 2.75) is 20.8 Å². The molecule has 0 bridgehead atoms. The fourth-order valence-electron chi connectivity index (χ4n) is 3.16. The molecule has 6 heteroatoms. The summed E-state index contributed by atoms with van der Waals surface area (Å²) in [5.41, 5.74) is 10.5. The number of amides is 2. The number of fused-ring (bicyclic) bond motifs is 1. The Morgan fingerprint density at radius 2 is 1.86 bits per heavy atom. The van der Waals surface area contributed by atoms with E-state index in [1.807, 2.05) is 26.8 Å². The van der Waals surface area contributed by atoms with Crippen LogP contribution in [0.2, 0.25) is 0 Å². The predicted octanol–water partition coefficient (Wildman–Crippen LogP) is 4.20. The lowest BCUT2D eigenvalue weighted by molar-refractivity contribution is -0.111. The van der Waals surface area contributed by atoms with Crippen molar-refractivity contribution < 1.29 is 18.7 Å². The monoisotopic (exact) mass is 378 g/mol. The molecule has 0 aliphatic carbocycles. The third kappa shape index (κ3) is 3.62. The summed E-state index contributed by atoms with van der Waals surface area (Å²) in [5, 5.41) is 3.77. The zero-order chi connectivity index (χ0) is 20.4. The number of hydrogen-bond donors (Lipinski definition) is 2. The van der Waals surface area contributed by atoms with Crippen LogP contribution < -0.4 is 15.8 Å². The first-order valence-corrected chi connectivity index (χ1v) is 8.76. The Kier molecular flexibility index (Phi) is 5.22. The van der Waals surface area contributed by atoms with Gasteiger partial charge >= 0.3 is 0 Å². The molecule has 0 fully saturated rings. The average Bonchev–Trinajstić information content (AvgIpc) is 3.03. The number of hydrogen-bond acceptors (Lipinski definition) is 4. The Balaban J connectivity index is 1.91. The van der Waals surface area contributed by atoms with Gasteiger partial charge in [-0.2, -0.15) is 0 Å². The van der Waals surface area contributed by atoms with Crippen molar-refractivity contribution in [3.63, 3.8) is 0 Å². The number of furan rings is 1. The third-order valence-electron chi connectivity index (χ3n) is 4.65. The van der Waals surface area contributed by atoms with Gasteiger partial charge in [0.2, 0.25) is 11.8 Å². The number of carbonyl (C=O) groups excluding carboxylic acids is 2. The van der Waals surface area contributed by atoms with E-state index in [0.717, 1.165) is 33.2 Å². The summed E-state index contributed by atoms with van der Waals surface area (Å²) in [6.07, 6.45) is 3.23. The first-order chi connectivity index (χ1) is 13.3. The Labute approximate surface area is 163 Å². The maximum Gasteiger partial charge on any atom is 0.248 e. The van der Waals surface area contributed by atoms with Crippen LogP contribution in [-0.2, 0) is 4.79 Å². The Hall–Kier alpha value is -3.54. The summed E-state index contributed by atoms with van der Waals surface area (Å²) in [6.45, 7) is 5.76. The highest BCUT2D eigenvalue weighted by Crippen LogP contribution is 2.37. The maximum atomic E-state index is 12.4. The van der Waals surface area contributed by atoms with Gasteiger partial charge in [-0.05, 0) is 62.2 Å². The number of rotatable bonds is 5.